The van der Waals surface area contributed by atoms with Gasteiger partial charge in [-0.3, -0.25) is 9.59 Å². The molecule has 0 saturated carbocycles. The van der Waals surface area contributed by atoms with Gasteiger partial charge in [0.2, 0.25) is 5.91 Å². The molecule has 0 radical (unpaired) electrons. The number of carbonyl (C=O) groups is 3. The smallest absolute Gasteiger partial charge is 0.349 e. The number of hydrazone groups is 1. The molecule has 0 spiro atoms. The van der Waals surface area contributed by atoms with Gasteiger partial charge in [0.25, 0.3) is 0 Å². The lowest BCUT2D eigenvalue weighted by Gasteiger charge is -2.20. The van der Waals surface area contributed by atoms with Gasteiger partial charge in [0.15, 0.2) is 6.61 Å². The van der Waals surface area contributed by atoms with Gasteiger partial charge in [0.1, 0.15) is 5.75 Å². The average Bonchev–Trinajstić information content (AvgIpc) is 2.87. The van der Waals surface area contributed by atoms with E-state index in [0.717, 1.165) is 10.5 Å². The molecule has 114 valence electrons. The number of benzene rings is 1. The highest BCUT2D eigenvalue weighted by Gasteiger charge is 2.36. The number of ether oxygens (including phenoxy) is 2. The Kier molecular flexibility index (Phi) is 3.84. The third kappa shape index (κ3) is 2.82. The molecule has 22 heavy (non-hydrogen) atoms. The second kappa shape index (κ2) is 5.80. The molecular formula is C14H12N2O5S. The molecule has 8 heteroatoms. The Balaban J connectivity index is 1.78. The van der Waals surface area contributed by atoms with E-state index in [1.807, 2.05) is 6.07 Å². The number of nitrogens with zero attached hydrogens (tertiary/aromatic N) is 1. The minimum absolute atomic E-state index is 0.120. The first-order valence-electron chi connectivity index (χ1n) is 6.53. The Morgan fingerprint density at radius 1 is 1.45 bits per heavy atom. The van der Waals surface area contributed by atoms with Crippen LogP contribution in [0.5, 0.6) is 5.75 Å². The summed E-state index contributed by atoms with van der Waals surface area (Å²) >= 11 is 1.56. The highest BCUT2D eigenvalue weighted by atomic mass is 32.2. The van der Waals surface area contributed by atoms with E-state index in [4.69, 9.17) is 4.74 Å². The highest BCUT2D eigenvalue weighted by molar-refractivity contribution is 7.99. The molecule has 2 aliphatic heterocycles. The van der Waals surface area contributed by atoms with Crippen LogP contribution in [0.4, 0.5) is 0 Å². The second-order valence-corrected chi connectivity index (χ2v) is 5.81. The summed E-state index contributed by atoms with van der Waals surface area (Å²) in [7, 11) is 0. The predicted molar refractivity (Wildman–Crippen MR) is 77.6 cm³/mol. The summed E-state index contributed by atoms with van der Waals surface area (Å²) in [5.41, 5.74) is 3.90. The maximum atomic E-state index is 11.7. The van der Waals surface area contributed by atoms with Crippen molar-refractivity contribution in [1.29, 1.82) is 0 Å². The zero-order chi connectivity index (χ0) is 15.7. The summed E-state index contributed by atoms with van der Waals surface area (Å²) in [6, 6.07) is 5.14. The van der Waals surface area contributed by atoms with Gasteiger partial charge in [-0.1, -0.05) is 0 Å². The van der Waals surface area contributed by atoms with E-state index in [-0.39, 0.29) is 11.8 Å². The highest BCUT2D eigenvalue weighted by Crippen LogP contribution is 2.36. The summed E-state index contributed by atoms with van der Waals surface area (Å²) in [5.74, 6) is -0.651. The minimum atomic E-state index is -0.669. The van der Waals surface area contributed by atoms with Crippen molar-refractivity contribution >= 4 is 35.3 Å². The van der Waals surface area contributed by atoms with Gasteiger partial charge >= 0.3 is 11.9 Å². The molecule has 1 aromatic carbocycles. The van der Waals surface area contributed by atoms with Gasteiger partial charge in [-0.2, -0.15) is 5.10 Å². The van der Waals surface area contributed by atoms with Crippen LogP contribution in [0.15, 0.2) is 28.2 Å². The number of nitrogens with one attached hydrogen (secondary N) is 1. The number of esters is 2. The maximum absolute atomic E-state index is 11.7. The molecule has 2 aliphatic rings. The molecule has 1 N–H and O–H groups in total. The third-order valence-electron chi connectivity index (χ3n) is 3.19. The number of thioether (sulfide) groups is 1. The van der Waals surface area contributed by atoms with Gasteiger partial charge < -0.3 is 9.47 Å². The van der Waals surface area contributed by atoms with Crippen molar-refractivity contribution in [2.24, 2.45) is 11.0 Å². The van der Waals surface area contributed by atoms with Crippen LogP contribution in [0.1, 0.15) is 12.5 Å². The summed E-state index contributed by atoms with van der Waals surface area (Å²) in [4.78, 5) is 34.9. The van der Waals surface area contributed by atoms with Crippen molar-refractivity contribution in [2.75, 3.05) is 12.4 Å². The molecule has 1 atom stereocenters. The van der Waals surface area contributed by atoms with E-state index in [9.17, 15) is 14.4 Å². The zero-order valence-corrected chi connectivity index (χ0v) is 12.4. The maximum Gasteiger partial charge on any atom is 0.349 e. The fraction of sp³-hybridized carbons (Fsp3) is 0.286. The van der Waals surface area contributed by atoms with Crippen LogP contribution in [0.3, 0.4) is 0 Å². The van der Waals surface area contributed by atoms with Gasteiger partial charge in [-0.25, -0.2) is 10.2 Å². The SMILES string of the molecule is CC(=O)OCC(=O)Oc1ccc2c(c1)C1=NNC(=O)C1CS2. The Hall–Kier alpha value is -2.35. The Morgan fingerprint density at radius 2 is 2.27 bits per heavy atom. The van der Waals surface area contributed by atoms with Crippen LogP contribution in [-0.2, 0) is 19.1 Å². The Labute approximate surface area is 130 Å². The Morgan fingerprint density at radius 3 is 3.05 bits per heavy atom. The third-order valence-corrected chi connectivity index (χ3v) is 4.36. The summed E-state index contributed by atoms with van der Waals surface area (Å²) in [6.45, 7) is 0.774. The van der Waals surface area contributed by atoms with Crippen LogP contribution in [0.25, 0.3) is 0 Å². The number of hydrogen-bond donors (Lipinski definition) is 1. The quantitative estimate of drug-likeness (QED) is 0.651. The topological polar surface area (TPSA) is 94.1 Å². The number of carbonyl (C=O) groups excluding carboxylic acids is 3. The number of fused-ring (bicyclic) bond motifs is 3. The van der Waals surface area contributed by atoms with Crippen LogP contribution in [-0.4, -0.2) is 35.9 Å². The first kappa shape index (κ1) is 14.6. The molecule has 7 nitrogen and oxygen atoms in total. The standard InChI is InChI=1S/C14H12N2O5S/c1-7(17)20-5-12(18)21-8-2-3-11-9(4-8)13-10(6-22-11)14(19)16-15-13/h2-4,10H,5-6H2,1H3,(H,16,19). The summed E-state index contributed by atoms with van der Waals surface area (Å²) in [5, 5.41) is 4.05. The first-order valence-corrected chi connectivity index (χ1v) is 7.52. The summed E-state index contributed by atoms with van der Waals surface area (Å²) < 4.78 is 9.70. The van der Waals surface area contributed by atoms with Crippen molar-refractivity contribution in [3.63, 3.8) is 0 Å². The van der Waals surface area contributed by atoms with Crippen molar-refractivity contribution in [2.45, 2.75) is 11.8 Å². The second-order valence-electron chi connectivity index (χ2n) is 4.75. The lowest BCUT2D eigenvalue weighted by atomic mass is 9.98. The van der Waals surface area contributed by atoms with E-state index >= 15 is 0 Å². The van der Waals surface area contributed by atoms with Gasteiger partial charge in [-0.05, 0) is 18.2 Å². The van der Waals surface area contributed by atoms with E-state index in [0.29, 0.717) is 17.2 Å². The van der Waals surface area contributed by atoms with Crippen LogP contribution in [0.2, 0.25) is 0 Å². The van der Waals surface area contributed by atoms with Crippen molar-refractivity contribution in [1.82, 2.24) is 5.43 Å². The lowest BCUT2D eigenvalue weighted by Crippen LogP contribution is -2.28. The van der Waals surface area contributed by atoms with Crippen molar-refractivity contribution < 1.29 is 23.9 Å². The van der Waals surface area contributed by atoms with Gasteiger partial charge in [0, 0.05) is 23.1 Å². The molecule has 0 fully saturated rings. The molecule has 0 aliphatic carbocycles. The van der Waals surface area contributed by atoms with Gasteiger partial charge in [0.05, 0.1) is 11.6 Å². The van der Waals surface area contributed by atoms with Crippen LogP contribution in [0, 0.1) is 5.92 Å². The molecule has 2 heterocycles. The molecule has 0 aromatic heterocycles. The monoisotopic (exact) mass is 320 g/mol. The minimum Gasteiger partial charge on any atom is -0.454 e. The largest absolute Gasteiger partial charge is 0.454 e. The van der Waals surface area contributed by atoms with Crippen molar-refractivity contribution in [3.8, 4) is 5.75 Å². The Bertz CT molecular complexity index is 700. The molecule has 1 unspecified atom stereocenters. The fourth-order valence-electron chi connectivity index (χ4n) is 2.19. The molecule has 3 rings (SSSR count). The van der Waals surface area contributed by atoms with E-state index in [1.54, 1.807) is 23.9 Å². The predicted octanol–water partition coefficient (Wildman–Crippen LogP) is 0.711. The fourth-order valence-corrected chi connectivity index (χ4v) is 3.33. The van der Waals surface area contributed by atoms with Crippen LogP contribution < -0.4 is 10.2 Å². The van der Waals surface area contributed by atoms with E-state index in [2.05, 4.69) is 15.3 Å². The molecule has 1 aromatic rings. The molecule has 1 amide bonds. The average molecular weight is 320 g/mol. The zero-order valence-electron chi connectivity index (χ0n) is 11.6. The number of hydrogen-bond acceptors (Lipinski definition) is 7. The number of amides is 1. The van der Waals surface area contributed by atoms with E-state index in [1.165, 1.54) is 6.92 Å². The lowest BCUT2D eigenvalue weighted by molar-refractivity contribution is -0.152. The van der Waals surface area contributed by atoms with Crippen LogP contribution >= 0.6 is 11.8 Å². The summed E-state index contributed by atoms with van der Waals surface area (Å²) in [6.07, 6.45) is 0. The first-order chi connectivity index (χ1) is 10.5. The molecular weight excluding hydrogens is 308 g/mol. The number of rotatable bonds is 3. The molecule has 0 saturated heterocycles. The van der Waals surface area contributed by atoms with Gasteiger partial charge in [-0.15, -0.1) is 11.8 Å². The normalized spacial score (nSPS) is 18.7. The van der Waals surface area contributed by atoms with E-state index < -0.39 is 18.5 Å². The molecule has 0 bridgehead atoms. The van der Waals surface area contributed by atoms with Crippen molar-refractivity contribution in [3.05, 3.63) is 23.8 Å².